The molecular weight excluding hydrogens is 270 g/mol. The monoisotopic (exact) mass is 293 g/mol. The smallest absolute Gasteiger partial charge is 0.329 e. The second kappa shape index (κ2) is 5.87. The zero-order valence-corrected chi connectivity index (χ0v) is 12.9. The molecule has 21 heavy (non-hydrogen) atoms. The van der Waals surface area contributed by atoms with E-state index in [1.807, 2.05) is 13.8 Å². The van der Waals surface area contributed by atoms with E-state index in [9.17, 15) is 14.7 Å². The van der Waals surface area contributed by atoms with Gasteiger partial charge in [0.05, 0.1) is 5.69 Å². The third-order valence-electron chi connectivity index (χ3n) is 4.31. The van der Waals surface area contributed by atoms with Gasteiger partial charge in [-0.05, 0) is 45.6 Å². The summed E-state index contributed by atoms with van der Waals surface area (Å²) in [5, 5.41) is 13.9. The Morgan fingerprint density at radius 3 is 2.67 bits per heavy atom. The lowest BCUT2D eigenvalue weighted by Crippen LogP contribution is -2.57. The third-order valence-corrected chi connectivity index (χ3v) is 4.31. The summed E-state index contributed by atoms with van der Waals surface area (Å²) in [4.78, 5) is 26.0. The number of carboxylic acids is 1. The van der Waals surface area contributed by atoms with Crippen molar-refractivity contribution in [3.05, 3.63) is 17.5 Å². The third kappa shape index (κ3) is 2.66. The molecule has 0 aromatic carbocycles. The van der Waals surface area contributed by atoms with Gasteiger partial charge in [0.25, 0.3) is 5.91 Å². The standard InChI is InChI=1S/C15H23N3O3/c1-4-11-10-12(18(5-2)16-11)13(19)17-9-7-6-8-15(17,3)14(20)21/h10H,4-9H2,1-3H3,(H,20,21). The van der Waals surface area contributed by atoms with Crippen LogP contribution in [-0.4, -0.2) is 43.7 Å². The fraction of sp³-hybridized carbons (Fsp3) is 0.667. The van der Waals surface area contributed by atoms with Gasteiger partial charge in [0, 0.05) is 13.1 Å². The van der Waals surface area contributed by atoms with E-state index in [1.54, 1.807) is 17.7 Å². The molecule has 1 aliphatic rings. The van der Waals surface area contributed by atoms with Crippen LogP contribution in [0.15, 0.2) is 6.07 Å². The maximum atomic E-state index is 12.8. The highest BCUT2D eigenvalue weighted by atomic mass is 16.4. The highest BCUT2D eigenvalue weighted by molar-refractivity contribution is 5.96. The van der Waals surface area contributed by atoms with E-state index in [0.717, 1.165) is 25.0 Å². The summed E-state index contributed by atoms with van der Waals surface area (Å²) in [5.41, 5.74) is 0.225. The highest BCUT2D eigenvalue weighted by Gasteiger charge is 2.44. The fourth-order valence-corrected chi connectivity index (χ4v) is 2.86. The minimum Gasteiger partial charge on any atom is -0.480 e. The number of likely N-dealkylation sites (tertiary alicyclic amines) is 1. The van der Waals surface area contributed by atoms with Crippen molar-refractivity contribution in [2.24, 2.45) is 0 Å². The molecule has 1 aromatic heterocycles. The average molecular weight is 293 g/mol. The van der Waals surface area contributed by atoms with Gasteiger partial charge in [0.2, 0.25) is 0 Å². The van der Waals surface area contributed by atoms with Gasteiger partial charge in [-0.25, -0.2) is 4.79 Å². The summed E-state index contributed by atoms with van der Waals surface area (Å²) in [6.07, 6.45) is 2.92. The van der Waals surface area contributed by atoms with Gasteiger partial charge < -0.3 is 10.0 Å². The van der Waals surface area contributed by atoms with Crippen LogP contribution in [0.5, 0.6) is 0 Å². The van der Waals surface area contributed by atoms with Crippen LogP contribution < -0.4 is 0 Å². The number of aromatic nitrogens is 2. The van der Waals surface area contributed by atoms with Crippen molar-refractivity contribution in [2.75, 3.05) is 6.54 Å². The Morgan fingerprint density at radius 1 is 1.38 bits per heavy atom. The predicted molar refractivity (Wildman–Crippen MR) is 78.2 cm³/mol. The highest BCUT2D eigenvalue weighted by Crippen LogP contribution is 2.30. The summed E-state index contributed by atoms with van der Waals surface area (Å²) < 4.78 is 1.66. The normalized spacial score (nSPS) is 22.3. The second-order valence-electron chi connectivity index (χ2n) is 5.68. The molecule has 1 atom stereocenters. The predicted octanol–water partition coefficient (Wildman–Crippen LogP) is 1.93. The molecule has 0 spiro atoms. The molecular formula is C15H23N3O3. The van der Waals surface area contributed by atoms with Crippen molar-refractivity contribution in [1.82, 2.24) is 14.7 Å². The van der Waals surface area contributed by atoms with Crippen LogP contribution in [0.25, 0.3) is 0 Å². The van der Waals surface area contributed by atoms with Gasteiger partial charge in [-0.2, -0.15) is 5.10 Å². The van der Waals surface area contributed by atoms with Gasteiger partial charge in [0.15, 0.2) is 0 Å². The molecule has 116 valence electrons. The Morgan fingerprint density at radius 2 is 2.10 bits per heavy atom. The van der Waals surface area contributed by atoms with E-state index >= 15 is 0 Å². The zero-order chi connectivity index (χ0) is 15.6. The molecule has 6 heteroatoms. The second-order valence-corrected chi connectivity index (χ2v) is 5.68. The first-order valence-electron chi connectivity index (χ1n) is 7.56. The molecule has 0 saturated carbocycles. The Bertz CT molecular complexity index is 552. The summed E-state index contributed by atoms with van der Waals surface area (Å²) in [7, 11) is 0. The number of amides is 1. The molecule has 1 fully saturated rings. The zero-order valence-electron chi connectivity index (χ0n) is 12.9. The van der Waals surface area contributed by atoms with Crippen molar-refractivity contribution >= 4 is 11.9 Å². The van der Waals surface area contributed by atoms with Crippen molar-refractivity contribution in [1.29, 1.82) is 0 Å². The molecule has 1 aliphatic heterocycles. The van der Waals surface area contributed by atoms with E-state index in [2.05, 4.69) is 5.10 Å². The molecule has 2 rings (SSSR count). The van der Waals surface area contributed by atoms with Crippen LogP contribution in [0.3, 0.4) is 0 Å². The number of carbonyl (C=O) groups excluding carboxylic acids is 1. The van der Waals surface area contributed by atoms with Crippen LogP contribution in [0, 0.1) is 0 Å². The Kier molecular flexibility index (Phi) is 4.34. The van der Waals surface area contributed by atoms with Crippen molar-refractivity contribution in [3.63, 3.8) is 0 Å². The number of hydrogen-bond donors (Lipinski definition) is 1. The fourth-order valence-electron chi connectivity index (χ4n) is 2.86. The summed E-state index contributed by atoms with van der Waals surface area (Å²) in [5.74, 6) is -1.16. The summed E-state index contributed by atoms with van der Waals surface area (Å²) >= 11 is 0. The van der Waals surface area contributed by atoms with Crippen molar-refractivity contribution in [2.45, 2.75) is 58.5 Å². The van der Waals surface area contributed by atoms with E-state index in [1.165, 1.54) is 4.90 Å². The maximum absolute atomic E-state index is 12.8. The van der Waals surface area contributed by atoms with E-state index < -0.39 is 11.5 Å². The first-order chi connectivity index (χ1) is 9.93. The average Bonchev–Trinajstić information content (AvgIpc) is 2.90. The largest absolute Gasteiger partial charge is 0.480 e. The number of aryl methyl sites for hydroxylation is 2. The van der Waals surface area contributed by atoms with Crippen LogP contribution in [0.1, 0.15) is 56.2 Å². The maximum Gasteiger partial charge on any atom is 0.329 e. The Hall–Kier alpha value is -1.85. The van der Waals surface area contributed by atoms with Gasteiger partial charge in [-0.3, -0.25) is 9.48 Å². The minimum atomic E-state index is -1.12. The van der Waals surface area contributed by atoms with Crippen LogP contribution in [0.2, 0.25) is 0 Å². The molecule has 1 amide bonds. The molecule has 0 aliphatic carbocycles. The van der Waals surface area contributed by atoms with E-state index in [4.69, 9.17) is 0 Å². The van der Waals surface area contributed by atoms with Gasteiger partial charge in [-0.15, -0.1) is 0 Å². The molecule has 0 bridgehead atoms. The topological polar surface area (TPSA) is 75.4 Å². The van der Waals surface area contributed by atoms with Gasteiger partial charge in [0.1, 0.15) is 11.2 Å². The number of piperidine rings is 1. The summed E-state index contributed by atoms with van der Waals surface area (Å²) in [6, 6.07) is 1.78. The number of nitrogens with zero attached hydrogens (tertiary/aromatic N) is 3. The molecule has 1 N–H and O–H groups in total. The quantitative estimate of drug-likeness (QED) is 0.920. The lowest BCUT2D eigenvalue weighted by molar-refractivity contribution is -0.150. The number of hydrogen-bond acceptors (Lipinski definition) is 3. The first-order valence-corrected chi connectivity index (χ1v) is 7.56. The molecule has 1 aromatic rings. The molecule has 1 saturated heterocycles. The number of carboxylic acid groups (broad SMARTS) is 1. The van der Waals surface area contributed by atoms with E-state index in [-0.39, 0.29) is 5.91 Å². The number of aliphatic carboxylic acids is 1. The van der Waals surface area contributed by atoms with Gasteiger partial charge >= 0.3 is 5.97 Å². The summed E-state index contributed by atoms with van der Waals surface area (Å²) in [6.45, 7) is 6.63. The van der Waals surface area contributed by atoms with Crippen LogP contribution in [0.4, 0.5) is 0 Å². The van der Waals surface area contributed by atoms with Crippen molar-refractivity contribution < 1.29 is 14.7 Å². The van der Waals surface area contributed by atoms with Crippen LogP contribution >= 0.6 is 0 Å². The number of rotatable bonds is 4. The molecule has 0 radical (unpaired) electrons. The first kappa shape index (κ1) is 15.5. The molecule has 1 unspecified atom stereocenters. The Labute approximate surface area is 124 Å². The van der Waals surface area contributed by atoms with Crippen LogP contribution in [-0.2, 0) is 17.8 Å². The van der Waals surface area contributed by atoms with E-state index in [0.29, 0.717) is 25.2 Å². The molecule has 6 nitrogen and oxygen atoms in total. The lowest BCUT2D eigenvalue weighted by Gasteiger charge is -2.41. The van der Waals surface area contributed by atoms with Gasteiger partial charge in [-0.1, -0.05) is 6.92 Å². The lowest BCUT2D eigenvalue weighted by atomic mass is 9.88. The Balaban J connectivity index is 2.37. The van der Waals surface area contributed by atoms with Crippen molar-refractivity contribution in [3.8, 4) is 0 Å². The SMILES string of the molecule is CCc1cc(C(=O)N2CCCCC2(C)C(=O)O)n(CC)n1. The molecule has 2 heterocycles. The minimum absolute atomic E-state index is 0.228. The number of carbonyl (C=O) groups is 2.